The third kappa shape index (κ3) is 8.37. The summed E-state index contributed by atoms with van der Waals surface area (Å²) < 4.78 is 10.4. The molecule has 0 atom stereocenters. The van der Waals surface area contributed by atoms with Gasteiger partial charge in [-0.05, 0) is 30.7 Å². The van der Waals surface area contributed by atoms with Crippen LogP contribution in [0.4, 0.5) is 0 Å². The maximum absolute atomic E-state index is 5.48. The zero-order valence-corrected chi connectivity index (χ0v) is 17.8. The molecule has 0 saturated carbocycles. The zero-order valence-electron chi connectivity index (χ0n) is 15.4. The molecule has 1 N–H and O–H groups in total. The minimum atomic E-state index is 0. The molecule has 1 aliphatic rings. The predicted molar refractivity (Wildman–Crippen MR) is 114 cm³/mol. The highest BCUT2D eigenvalue weighted by Gasteiger charge is 2.21. The number of piperidine rings is 1. The van der Waals surface area contributed by atoms with Crippen molar-refractivity contribution in [3.63, 3.8) is 0 Å². The average molecular weight is 461 g/mol. The van der Waals surface area contributed by atoms with E-state index in [0.717, 1.165) is 31.5 Å². The fourth-order valence-electron chi connectivity index (χ4n) is 3.11. The average Bonchev–Trinajstić information content (AvgIpc) is 2.63. The second-order valence-corrected chi connectivity index (χ2v) is 6.20. The van der Waals surface area contributed by atoms with Crippen LogP contribution in [0.3, 0.4) is 0 Å². The molecule has 5 nitrogen and oxygen atoms in total. The van der Waals surface area contributed by atoms with Gasteiger partial charge in [0.15, 0.2) is 5.96 Å². The van der Waals surface area contributed by atoms with E-state index in [2.05, 4.69) is 45.5 Å². The van der Waals surface area contributed by atoms with Crippen LogP contribution in [0.1, 0.15) is 18.4 Å². The quantitative estimate of drug-likeness (QED) is 0.280. The van der Waals surface area contributed by atoms with E-state index in [1.807, 2.05) is 7.05 Å². The van der Waals surface area contributed by atoms with Crippen molar-refractivity contribution in [1.82, 2.24) is 10.2 Å². The first kappa shape index (κ1) is 22.2. The SMILES string of the molecule is CN=C(NCCOCCOC)N1CCC(Cc2ccccc2)CC1.I. The lowest BCUT2D eigenvalue weighted by atomic mass is 9.90. The number of likely N-dealkylation sites (tertiary alicyclic amines) is 1. The Kier molecular flexibility index (Phi) is 11.9. The Balaban J connectivity index is 0.00000312. The number of halogens is 1. The van der Waals surface area contributed by atoms with E-state index in [0.29, 0.717) is 19.8 Å². The maximum Gasteiger partial charge on any atom is 0.193 e. The van der Waals surface area contributed by atoms with Crippen LogP contribution in [0.15, 0.2) is 35.3 Å². The zero-order chi connectivity index (χ0) is 17.0. The van der Waals surface area contributed by atoms with Gasteiger partial charge in [-0.15, -0.1) is 24.0 Å². The van der Waals surface area contributed by atoms with Crippen molar-refractivity contribution in [2.24, 2.45) is 10.9 Å². The highest BCUT2D eigenvalue weighted by atomic mass is 127. The van der Waals surface area contributed by atoms with Crippen molar-refractivity contribution in [1.29, 1.82) is 0 Å². The summed E-state index contributed by atoms with van der Waals surface area (Å²) in [5.41, 5.74) is 1.45. The monoisotopic (exact) mass is 461 g/mol. The van der Waals surface area contributed by atoms with E-state index in [4.69, 9.17) is 9.47 Å². The van der Waals surface area contributed by atoms with Crippen molar-refractivity contribution in [3.05, 3.63) is 35.9 Å². The van der Waals surface area contributed by atoms with Crippen molar-refractivity contribution >= 4 is 29.9 Å². The summed E-state index contributed by atoms with van der Waals surface area (Å²) in [6.45, 7) is 4.88. The standard InChI is InChI=1S/C19H31N3O2.HI/c1-20-19(21-10-13-24-15-14-23-2)22-11-8-18(9-12-22)16-17-6-4-3-5-7-17;/h3-7,18H,8-16H2,1-2H3,(H,20,21);1H. The lowest BCUT2D eigenvalue weighted by Crippen LogP contribution is -2.46. The Morgan fingerprint density at radius 1 is 1.16 bits per heavy atom. The van der Waals surface area contributed by atoms with Crippen LogP contribution < -0.4 is 5.32 Å². The second kappa shape index (κ2) is 13.4. The molecule has 1 aromatic carbocycles. The van der Waals surface area contributed by atoms with Gasteiger partial charge in [-0.25, -0.2) is 0 Å². The van der Waals surface area contributed by atoms with Gasteiger partial charge < -0.3 is 19.7 Å². The molecule has 142 valence electrons. The summed E-state index contributed by atoms with van der Waals surface area (Å²) in [5.74, 6) is 1.77. The summed E-state index contributed by atoms with van der Waals surface area (Å²) in [6, 6.07) is 10.8. The molecule has 6 heteroatoms. The van der Waals surface area contributed by atoms with Crippen LogP contribution in [0.25, 0.3) is 0 Å². The van der Waals surface area contributed by atoms with E-state index in [1.54, 1.807) is 7.11 Å². The molecule has 0 unspecified atom stereocenters. The lowest BCUT2D eigenvalue weighted by molar-refractivity contribution is 0.0730. The van der Waals surface area contributed by atoms with Crippen LogP contribution in [0.5, 0.6) is 0 Å². The van der Waals surface area contributed by atoms with Crippen LogP contribution in [0.2, 0.25) is 0 Å². The maximum atomic E-state index is 5.48. The molecule has 0 aromatic heterocycles. The van der Waals surface area contributed by atoms with Gasteiger partial charge in [0.05, 0.1) is 19.8 Å². The number of hydrogen-bond donors (Lipinski definition) is 1. The van der Waals surface area contributed by atoms with Crippen LogP contribution in [-0.4, -0.2) is 64.5 Å². The number of aliphatic imine (C=N–C) groups is 1. The third-order valence-electron chi connectivity index (χ3n) is 4.45. The largest absolute Gasteiger partial charge is 0.382 e. The molecule has 1 fully saturated rings. The van der Waals surface area contributed by atoms with Crippen LogP contribution in [-0.2, 0) is 15.9 Å². The third-order valence-corrected chi connectivity index (χ3v) is 4.45. The number of hydrogen-bond acceptors (Lipinski definition) is 3. The summed E-state index contributed by atoms with van der Waals surface area (Å²) in [7, 11) is 3.54. The van der Waals surface area contributed by atoms with Crippen molar-refractivity contribution < 1.29 is 9.47 Å². The molecule has 1 aliphatic heterocycles. The van der Waals surface area contributed by atoms with Crippen LogP contribution >= 0.6 is 24.0 Å². The van der Waals surface area contributed by atoms with E-state index < -0.39 is 0 Å². The van der Waals surface area contributed by atoms with Gasteiger partial charge in [0.25, 0.3) is 0 Å². The smallest absolute Gasteiger partial charge is 0.193 e. The van der Waals surface area contributed by atoms with Gasteiger partial charge in [0.2, 0.25) is 0 Å². The number of ether oxygens (including phenoxy) is 2. The van der Waals surface area contributed by atoms with Crippen LogP contribution in [0, 0.1) is 5.92 Å². The van der Waals surface area contributed by atoms with E-state index in [1.165, 1.54) is 24.8 Å². The number of methoxy groups -OCH3 is 1. The molecule has 2 rings (SSSR count). The number of nitrogens with zero attached hydrogens (tertiary/aromatic N) is 2. The minimum absolute atomic E-state index is 0. The Hall–Kier alpha value is -0.860. The molecule has 0 radical (unpaired) electrons. The van der Waals surface area contributed by atoms with E-state index >= 15 is 0 Å². The molecule has 25 heavy (non-hydrogen) atoms. The predicted octanol–water partition coefficient (Wildman–Crippen LogP) is 2.80. The molecule has 0 amide bonds. The first-order valence-corrected chi connectivity index (χ1v) is 8.89. The number of rotatable bonds is 8. The Labute approximate surface area is 169 Å². The second-order valence-electron chi connectivity index (χ2n) is 6.20. The van der Waals surface area contributed by atoms with Gasteiger partial charge >= 0.3 is 0 Å². The van der Waals surface area contributed by atoms with E-state index in [9.17, 15) is 0 Å². The van der Waals surface area contributed by atoms with Gasteiger partial charge in [0.1, 0.15) is 0 Å². The number of nitrogens with one attached hydrogen (secondary N) is 1. The molecule has 1 saturated heterocycles. The molecule has 0 aliphatic carbocycles. The molecule has 0 spiro atoms. The summed E-state index contributed by atoms with van der Waals surface area (Å²) in [4.78, 5) is 6.76. The fraction of sp³-hybridized carbons (Fsp3) is 0.632. The highest BCUT2D eigenvalue weighted by molar-refractivity contribution is 14.0. The molecule has 0 bridgehead atoms. The highest BCUT2D eigenvalue weighted by Crippen LogP contribution is 2.21. The van der Waals surface area contributed by atoms with Crippen molar-refractivity contribution in [2.45, 2.75) is 19.3 Å². The first-order valence-electron chi connectivity index (χ1n) is 8.89. The number of benzene rings is 1. The summed E-state index contributed by atoms with van der Waals surface area (Å²) in [5, 5.41) is 3.39. The summed E-state index contributed by atoms with van der Waals surface area (Å²) >= 11 is 0. The fourth-order valence-corrected chi connectivity index (χ4v) is 3.11. The molecular formula is C19H32IN3O2. The Morgan fingerprint density at radius 3 is 2.52 bits per heavy atom. The van der Waals surface area contributed by atoms with Crippen molar-refractivity contribution in [3.8, 4) is 0 Å². The van der Waals surface area contributed by atoms with E-state index in [-0.39, 0.29) is 24.0 Å². The molecule has 1 aromatic rings. The molecular weight excluding hydrogens is 429 g/mol. The lowest BCUT2D eigenvalue weighted by Gasteiger charge is -2.34. The van der Waals surface area contributed by atoms with Gasteiger partial charge in [-0.2, -0.15) is 0 Å². The van der Waals surface area contributed by atoms with Gasteiger partial charge in [0, 0.05) is 33.8 Å². The van der Waals surface area contributed by atoms with Gasteiger partial charge in [-0.3, -0.25) is 4.99 Å². The Bertz CT molecular complexity index is 477. The topological polar surface area (TPSA) is 46.1 Å². The normalized spacial score (nSPS) is 15.8. The summed E-state index contributed by atoms with van der Waals surface area (Å²) in [6.07, 6.45) is 3.63. The first-order chi connectivity index (χ1) is 11.8. The van der Waals surface area contributed by atoms with Crippen molar-refractivity contribution in [2.75, 3.05) is 53.6 Å². The number of guanidine groups is 1. The molecule has 1 heterocycles. The minimum Gasteiger partial charge on any atom is -0.382 e. The van der Waals surface area contributed by atoms with Gasteiger partial charge in [-0.1, -0.05) is 30.3 Å². The Morgan fingerprint density at radius 2 is 1.88 bits per heavy atom.